The van der Waals surface area contributed by atoms with E-state index in [1.165, 1.54) is 0 Å². The fourth-order valence-corrected chi connectivity index (χ4v) is 1.66. The van der Waals surface area contributed by atoms with Crippen LogP contribution in [0, 0.1) is 11.3 Å². The topological polar surface area (TPSA) is 107 Å². The summed E-state index contributed by atoms with van der Waals surface area (Å²) in [4.78, 5) is 11.8. The number of nitrogens with one attached hydrogen (secondary N) is 2. The summed E-state index contributed by atoms with van der Waals surface area (Å²) in [6, 6.07) is 9.09. The van der Waals surface area contributed by atoms with Crippen LogP contribution in [0.3, 0.4) is 0 Å². The summed E-state index contributed by atoms with van der Waals surface area (Å²) in [7, 11) is 0. The quantitative estimate of drug-likeness (QED) is 0.635. The molecule has 106 valence electrons. The summed E-state index contributed by atoms with van der Waals surface area (Å²) in [6.07, 6.45) is 2.37. The van der Waals surface area contributed by atoms with Crippen molar-refractivity contribution >= 4 is 12.0 Å². The van der Waals surface area contributed by atoms with Crippen LogP contribution in [0.2, 0.25) is 0 Å². The first-order chi connectivity index (χ1) is 10.2. The van der Waals surface area contributed by atoms with Gasteiger partial charge in [-0.2, -0.15) is 10.5 Å². The van der Waals surface area contributed by atoms with Gasteiger partial charge in [-0.05, 0) is 23.3 Å². The van der Waals surface area contributed by atoms with Crippen molar-refractivity contribution in [1.82, 2.24) is 25.9 Å². The van der Waals surface area contributed by atoms with Gasteiger partial charge in [-0.25, -0.2) is 0 Å². The van der Waals surface area contributed by atoms with Crippen LogP contribution in [0.15, 0.2) is 29.8 Å². The minimum Gasteiger partial charge on any atom is -0.351 e. The first-order valence-electron chi connectivity index (χ1n) is 6.48. The van der Waals surface area contributed by atoms with Gasteiger partial charge < -0.3 is 5.32 Å². The Balaban J connectivity index is 2.16. The minimum atomic E-state index is -0.360. The van der Waals surface area contributed by atoms with E-state index in [1.807, 2.05) is 13.0 Å². The summed E-state index contributed by atoms with van der Waals surface area (Å²) in [5, 5.41) is 25.3. The van der Waals surface area contributed by atoms with E-state index in [0.717, 1.165) is 17.5 Å². The molecule has 1 amide bonds. The standard InChI is InChI=1S/C14H14N6O/c1-2-7-16-14(21)12(9-15)8-10-3-5-11(6-4-10)13-17-19-20-18-13/h3-6,8H,2,7H2,1H3,(H,16,21)(H,17,18,19,20)/b12-8-. The number of aromatic nitrogens is 4. The van der Waals surface area contributed by atoms with Gasteiger partial charge >= 0.3 is 0 Å². The molecule has 1 heterocycles. The van der Waals surface area contributed by atoms with Crippen LogP contribution in [0.4, 0.5) is 0 Å². The maximum Gasteiger partial charge on any atom is 0.261 e. The zero-order valence-corrected chi connectivity index (χ0v) is 11.5. The lowest BCUT2D eigenvalue weighted by Crippen LogP contribution is -2.25. The number of rotatable bonds is 5. The van der Waals surface area contributed by atoms with Crippen molar-refractivity contribution in [2.75, 3.05) is 6.54 Å². The Kier molecular flexibility index (Phi) is 4.77. The van der Waals surface area contributed by atoms with E-state index < -0.39 is 0 Å². The average Bonchev–Trinajstić information content (AvgIpc) is 3.05. The number of nitriles is 1. The lowest BCUT2D eigenvalue weighted by Gasteiger charge is -2.02. The molecule has 0 bridgehead atoms. The molecule has 0 radical (unpaired) electrons. The molecule has 2 rings (SSSR count). The van der Waals surface area contributed by atoms with E-state index >= 15 is 0 Å². The predicted octanol–water partition coefficient (Wildman–Crippen LogP) is 1.30. The van der Waals surface area contributed by atoms with E-state index in [0.29, 0.717) is 12.4 Å². The Morgan fingerprint density at radius 2 is 2.19 bits per heavy atom. The van der Waals surface area contributed by atoms with E-state index in [-0.39, 0.29) is 11.5 Å². The predicted molar refractivity (Wildman–Crippen MR) is 76.5 cm³/mol. The Bertz CT molecular complexity index is 666. The van der Waals surface area contributed by atoms with E-state index in [9.17, 15) is 4.79 Å². The molecule has 0 aliphatic carbocycles. The monoisotopic (exact) mass is 282 g/mol. The van der Waals surface area contributed by atoms with Gasteiger partial charge in [0.25, 0.3) is 5.91 Å². The molecule has 1 aromatic carbocycles. The zero-order valence-electron chi connectivity index (χ0n) is 11.5. The second-order valence-electron chi connectivity index (χ2n) is 4.28. The lowest BCUT2D eigenvalue weighted by atomic mass is 10.1. The zero-order chi connectivity index (χ0) is 15.1. The number of amides is 1. The van der Waals surface area contributed by atoms with Gasteiger partial charge in [0.2, 0.25) is 5.82 Å². The molecule has 2 N–H and O–H groups in total. The van der Waals surface area contributed by atoms with E-state index in [1.54, 1.807) is 30.3 Å². The van der Waals surface area contributed by atoms with E-state index in [2.05, 4.69) is 25.9 Å². The fourth-order valence-electron chi connectivity index (χ4n) is 1.66. The van der Waals surface area contributed by atoms with Crippen LogP contribution >= 0.6 is 0 Å². The first kappa shape index (κ1) is 14.4. The van der Waals surface area contributed by atoms with Gasteiger partial charge in [0, 0.05) is 12.1 Å². The summed E-state index contributed by atoms with van der Waals surface area (Å²) < 4.78 is 0. The fraction of sp³-hybridized carbons (Fsp3) is 0.214. The van der Waals surface area contributed by atoms with Crippen LogP contribution in [-0.4, -0.2) is 33.1 Å². The average molecular weight is 282 g/mol. The van der Waals surface area contributed by atoms with Crippen molar-refractivity contribution in [2.24, 2.45) is 0 Å². The first-order valence-corrected chi connectivity index (χ1v) is 6.48. The highest BCUT2D eigenvalue weighted by molar-refractivity contribution is 6.01. The van der Waals surface area contributed by atoms with Crippen LogP contribution < -0.4 is 5.32 Å². The number of nitrogens with zero attached hydrogens (tertiary/aromatic N) is 4. The molecule has 0 aliphatic heterocycles. The highest BCUT2D eigenvalue weighted by atomic mass is 16.1. The van der Waals surface area contributed by atoms with Gasteiger partial charge in [0.1, 0.15) is 11.6 Å². The van der Waals surface area contributed by atoms with Crippen molar-refractivity contribution in [3.63, 3.8) is 0 Å². The number of benzene rings is 1. The second-order valence-corrected chi connectivity index (χ2v) is 4.28. The molecule has 0 saturated heterocycles. The van der Waals surface area contributed by atoms with Crippen LogP contribution in [-0.2, 0) is 4.79 Å². The summed E-state index contributed by atoms with van der Waals surface area (Å²) in [5.74, 6) is 0.133. The van der Waals surface area contributed by atoms with Crippen molar-refractivity contribution in [3.05, 3.63) is 35.4 Å². The molecule has 1 aromatic heterocycles. The van der Waals surface area contributed by atoms with Crippen molar-refractivity contribution in [1.29, 1.82) is 5.26 Å². The third-order valence-electron chi connectivity index (χ3n) is 2.73. The molecule has 2 aromatic rings. The molecular formula is C14H14N6O. The van der Waals surface area contributed by atoms with Gasteiger partial charge in [0.05, 0.1) is 0 Å². The van der Waals surface area contributed by atoms with Gasteiger partial charge in [-0.15, -0.1) is 10.2 Å². The number of carbonyl (C=O) groups excluding carboxylic acids is 1. The molecule has 21 heavy (non-hydrogen) atoms. The Morgan fingerprint density at radius 3 is 2.76 bits per heavy atom. The van der Waals surface area contributed by atoms with Gasteiger partial charge in [-0.1, -0.05) is 31.2 Å². The Hall–Kier alpha value is -3.01. The number of carbonyl (C=O) groups is 1. The number of aromatic amines is 1. The number of H-pyrrole nitrogens is 1. The largest absolute Gasteiger partial charge is 0.351 e. The molecule has 0 atom stereocenters. The molecule has 7 nitrogen and oxygen atoms in total. The van der Waals surface area contributed by atoms with Crippen LogP contribution in [0.5, 0.6) is 0 Å². The van der Waals surface area contributed by atoms with Crippen molar-refractivity contribution in [2.45, 2.75) is 13.3 Å². The SMILES string of the molecule is CCCNC(=O)/C(C#N)=C\c1ccc(-c2nn[nH]n2)cc1. The van der Waals surface area contributed by atoms with E-state index in [4.69, 9.17) is 5.26 Å². The Labute approximate surface area is 121 Å². The third-order valence-corrected chi connectivity index (χ3v) is 2.73. The molecule has 7 heteroatoms. The van der Waals surface area contributed by atoms with Crippen LogP contribution in [0.1, 0.15) is 18.9 Å². The third kappa shape index (κ3) is 3.73. The summed E-state index contributed by atoms with van der Waals surface area (Å²) in [5.41, 5.74) is 1.64. The maximum absolute atomic E-state index is 11.8. The summed E-state index contributed by atoms with van der Waals surface area (Å²) in [6.45, 7) is 2.50. The normalized spacial score (nSPS) is 11.0. The molecule has 0 spiro atoms. The second kappa shape index (κ2) is 6.96. The molecule has 0 aliphatic rings. The minimum absolute atomic E-state index is 0.0794. The van der Waals surface area contributed by atoms with Crippen molar-refractivity contribution in [3.8, 4) is 17.5 Å². The Morgan fingerprint density at radius 1 is 1.43 bits per heavy atom. The van der Waals surface area contributed by atoms with Gasteiger partial charge in [-0.3, -0.25) is 4.79 Å². The lowest BCUT2D eigenvalue weighted by molar-refractivity contribution is -0.117. The molecular weight excluding hydrogens is 268 g/mol. The number of hydrogen-bond acceptors (Lipinski definition) is 5. The molecule has 0 saturated carbocycles. The molecule has 0 fully saturated rings. The van der Waals surface area contributed by atoms with Gasteiger partial charge in [0.15, 0.2) is 0 Å². The maximum atomic E-state index is 11.8. The smallest absolute Gasteiger partial charge is 0.261 e. The van der Waals surface area contributed by atoms with Crippen LogP contribution in [0.25, 0.3) is 17.5 Å². The number of tetrazole rings is 1. The highest BCUT2D eigenvalue weighted by Crippen LogP contribution is 2.15. The highest BCUT2D eigenvalue weighted by Gasteiger charge is 2.08. The molecule has 0 unspecified atom stereocenters. The summed E-state index contributed by atoms with van der Waals surface area (Å²) >= 11 is 0. The number of hydrogen-bond donors (Lipinski definition) is 2. The van der Waals surface area contributed by atoms with Crippen molar-refractivity contribution < 1.29 is 4.79 Å².